The Morgan fingerprint density at radius 1 is 1.30 bits per heavy atom. The monoisotopic (exact) mass is 352 g/mol. The Labute approximate surface area is 131 Å². The molecular weight excluding hydrogens is 340 g/mol. The lowest BCUT2D eigenvalue weighted by molar-refractivity contribution is 0.0940. The fraction of sp³-hybridized carbons (Fsp3) is 0.133. The van der Waals surface area contributed by atoms with E-state index < -0.39 is 0 Å². The molecule has 1 unspecified atom stereocenters. The minimum Gasteiger partial charge on any atom is -0.398 e. The lowest BCUT2D eigenvalue weighted by atomic mass is 10.1. The highest BCUT2D eigenvalue weighted by atomic mass is 79.9. The smallest absolute Gasteiger partial charge is 0.251 e. The maximum Gasteiger partial charge on any atom is 0.251 e. The molecule has 0 saturated heterocycles. The number of amides is 1. The highest BCUT2D eigenvalue weighted by Gasteiger charge is 2.14. The van der Waals surface area contributed by atoms with Crippen molar-refractivity contribution in [2.24, 2.45) is 0 Å². The molecule has 0 fully saturated rings. The first kappa shape index (κ1) is 14.9. The molecule has 2 aromatic carbocycles. The predicted molar refractivity (Wildman–Crippen MR) is 85.9 cm³/mol. The summed E-state index contributed by atoms with van der Waals surface area (Å²) < 4.78 is 0.961. The molecule has 20 heavy (non-hydrogen) atoms. The van der Waals surface area contributed by atoms with E-state index in [1.54, 1.807) is 18.2 Å². The highest BCUT2D eigenvalue weighted by molar-refractivity contribution is 9.10. The van der Waals surface area contributed by atoms with Crippen molar-refractivity contribution in [2.75, 3.05) is 5.73 Å². The zero-order valence-corrected chi connectivity index (χ0v) is 13.2. The summed E-state index contributed by atoms with van der Waals surface area (Å²) in [5, 5.41) is 3.31. The first-order valence-corrected chi connectivity index (χ1v) is 7.26. The molecule has 1 atom stereocenters. The van der Waals surface area contributed by atoms with Crippen LogP contribution in [0.5, 0.6) is 0 Å². The molecule has 1 amide bonds. The number of hydrogen-bond acceptors (Lipinski definition) is 2. The predicted octanol–water partition coefficient (Wildman–Crippen LogP) is 4.18. The van der Waals surface area contributed by atoms with Crippen molar-refractivity contribution < 1.29 is 4.79 Å². The zero-order valence-electron chi connectivity index (χ0n) is 10.9. The topological polar surface area (TPSA) is 55.1 Å². The summed E-state index contributed by atoms with van der Waals surface area (Å²) in [6, 6.07) is 12.5. The Balaban J connectivity index is 2.15. The Bertz CT molecular complexity index is 646. The van der Waals surface area contributed by atoms with Gasteiger partial charge in [0.25, 0.3) is 5.91 Å². The number of carbonyl (C=O) groups excluding carboxylic acids is 1. The molecule has 3 nitrogen and oxygen atoms in total. The molecule has 0 aliphatic carbocycles. The third kappa shape index (κ3) is 3.32. The average molecular weight is 354 g/mol. The molecular formula is C15H14BrClN2O. The Hall–Kier alpha value is -1.52. The van der Waals surface area contributed by atoms with Gasteiger partial charge in [-0.3, -0.25) is 4.79 Å². The van der Waals surface area contributed by atoms with Crippen LogP contribution in [0, 0.1) is 0 Å². The molecule has 2 rings (SSSR count). The maximum absolute atomic E-state index is 12.2. The van der Waals surface area contributed by atoms with Crippen molar-refractivity contribution in [3.05, 3.63) is 63.1 Å². The van der Waals surface area contributed by atoms with Crippen molar-refractivity contribution >= 4 is 39.1 Å². The van der Waals surface area contributed by atoms with Crippen molar-refractivity contribution in [1.82, 2.24) is 5.32 Å². The summed E-state index contributed by atoms with van der Waals surface area (Å²) >= 11 is 9.40. The van der Waals surface area contributed by atoms with E-state index in [1.807, 2.05) is 31.2 Å². The zero-order chi connectivity index (χ0) is 14.7. The van der Waals surface area contributed by atoms with Gasteiger partial charge in [-0.05, 0) is 36.8 Å². The Morgan fingerprint density at radius 2 is 2.00 bits per heavy atom. The second kappa shape index (κ2) is 6.29. The van der Waals surface area contributed by atoms with Gasteiger partial charge in [-0.25, -0.2) is 0 Å². The quantitative estimate of drug-likeness (QED) is 0.813. The number of rotatable bonds is 3. The lowest BCUT2D eigenvalue weighted by Crippen LogP contribution is -2.26. The summed E-state index contributed by atoms with van der Waals surface area (Å²) in [6.45, 7) is 1.93. The van der Waals surface area contributed by atoms with Gasteiger partial charge < -0.3 is 11.1 Å². The van der Waals surface area contributed by atoms with E-state index in [2.05, 4.69) is 21.2 Å². The molecule has 0 aromatic heterocycles. The van der Waals surface area contributed by atoms with Gasteiger partial charge in [0.1, 0.15) is 0 Å². The van der Waals surface area contributed by atoms with E-state index in [9.17, 15) is 4.79 Å². The molecule has 0 aliphatic heterocycles. The number of nitrogens with two attached hydrogens (primary N) is 1. The molecule has 0 bridgehead atoms. The number of hydrogen-bond donors (Lipinski definition) is 2. The van der Waals surface area contributed by atoms with Crippen molar-refractivity contribution in [1.29, 1.82) is 0 Å². The van der Waals surface area contributed by atoms with E-state index in [1.165, 1.54) is 0 Å². The summed E-state index contributed by atoms with van der Waals surface area (Å²) in [5.74, 6) is -0.185. The number of carbonyl (C=O) groups is 1. The summed E-state index contributed by atoms with van der Waals surface area (Å²) in [7, 11) is 0. The van der Waals surface area contributed by atoms with E-state index in [0.717, 1.165) is 10.0 Å². The second-order valence-electron chi connectivity index (χ2n) is 4.45. The number of anilines is 1. The van der Waals surface area contributed by atoms with Gasteiger partial charge in [-0.2, -0.15) is 0 Å². The SMILES string of the molecule is CC(NC(=O)c1ccc(N)c(Cl)c1)c1ccccc1Br. The Kier molecular flexibility index (Phi) is 4.68. The largest absolute Gasteiger partial charge is 0.398 e. The van der Waals surface area contributed by atoms with Gasteiger partial charge in [0.2, 0.25) is 0 Å². The number of nitrogen functional groups attached to an aromatic ring is 1. The normalized spacial score (nSPS) is 11.9. The highest BCUT2D eigenvalue weighted by Crippen LogP contribution is 2.24. The first-order chi connectivity index (χ1) is 9.49. The number of halogens is 2. The lowest BCUT2D eigenvalue weighted by Gasteiger charge is -2.16. The van der Waals surface area contributed by atoms with Gasteiger partial charge in [-0.1, -0.05) is 45.7 Å². The van der Waals surface area contributed by atoms with Crippen LogP contribution in [-0.2, 0) is 0 Å². The van der Waals surface area contributed by atoms with Crippen molar-refractivity contribution in [2.45, 2.75) is 13.0 Å². The van der Waals surface area contributed by atoms with E-state index >= 15 is 0 Å². The van der Waals surface area contributed by atoms with Gasteiger partial charge >= 0.3 is 0 Å². The third-order valence-corrected chi connectivity index (χ3v) is 4.03. The van der Waals surface area contributed by atoms with Gasteiger partial charge in [0.05, 0.1) is 16.8 Å². The average Bonchev–Trinajstić information content (AvgIpc) is 2.42. The maximum atomic E-state index is 12.2. The molecule has 0 radical (unpaired) electrons. The van der Waals surface area contributed by atoms with Crippen LogP contribution in [0.2, 0.25) is 5.02 Å². The summed E-state index contributed by atoms with van der Waals surface area (Å²) in [4.78, 5) is 12.2. The molecule has 2 aromatic rings. The Morgan fingerprint density at radius 3 is 2.65 bits per heavy atom. The molecule has 5 heteroatoms. The van der Waals surface area contributed by atoms with Crippen LogP contribution in [0.4, 0.5) is 5.69 Å². The fourth-order valence-electron chi connectivity index (χ4n) is 1.85. The van der Waals surface area contributed by atoms with Crippen molar-refractivity contribution in [3.63, 3.8) is 0 Å². The summed E-state index contributed by atoms with van der Waals surface area (Å²) in [6.07, 6.45) is 0. The number of nitrogens with one attached hydrogen (secondary N) is 1. The van der Waals surface area contributed by atoms with Gasteiger partial charge in [0, 0.05) is 10.0 Å². The molecule has 0 spiro atoms. The van der Waals surface area contributed by atoms with Crippen LogP contribution in [0.3, 0.4) is 0 Å². The summed E-state index contributed by atoms with van der Waals surface area (Å²) in [5.41, 5.74) is 7.60. The minimum atomic E-state index is -0.185. The van der Waals surface area contributed by atoms with Gasteiger partial charge in [-0.15, -0.1) is 0 Å². The van der Waals surface area contributed by atoms with E-state index in [-0.39, 0.29) is 11.9 Å². The fourth-order valence-corrected chi connectivity index (χ4v) is 2.66. The van der Waals surface area contributed by atoms with E-state index in [0.29, 0.717) is 16.3 Å². The van der Waals surface area contributed by atoms with Crippen LogP contribution in [0.25, 0.3) is 0 Å². The minimum absolute atomic E-state index is 0.116. The molecule has 0 saturated carbocycles. The number of benzene rings is 2. The van der Waals surface area contributed by atoms with Crippen LogP contribution in [-0.4, -0.2) is 5.91 Å². The third-order valence-electron chi connectivity index (χ3n) is 2.98. The van der Waals surface area contributed by atoms with Crippen LogP contribution in [0.1, 0.15) is 28.9 Å². The van der Waals surface area contributed by atoms with Crippen LogP contribution < -0.4 is 11.1 Å². The van der Waals surface area contributed by atoms with Crippen LogP contribution >= 0.6 is 27.5 Å². The van der Waals surface area contributed by atoms with Crippen molar-refractivity contribution in [3.8, 4) is 0 Å². The molecule has 3 N–H and O–H groups in total. The molecule has 104 valence electrons. The second-order valence-corrected chi connectivity index (χ2v) is 5.71. The first-order valence-electron chi connectivity index (χ1n) is 6.09. The molecule has 0 aliphatic rings. The van der Waals surface area contributed by atoms with Crippen LogP contribution in [0.15, 0.2) is 46.9 Å². The van der Waals surface area contributed by atoms with E-state index in [4.69, 9.17) is 17.3 Å². The molecule has 0 heterocycles. The van der Waals surface area contributed by atoms with Gasteiger partial charge in [0.15, 0.2) is 0 Å². The standard InChI is InChI=1S/C15H14BrClN2O/c1-9(11-4-2-3-5-12(11)16)19-15(20)10-6-7-14(18)13(17)8-10/h2-9H,18H2,1H3,(H,19,20).